The number of anilines is 1. The number of piperidine rings is 1. The van der Waals surface area contributed by atoms with Crippen LogP contribution in [-0.2, 0) is 4.74 Å². The molecule has 2 N–H and O–H groups in total. The van der Waals surface area contributed by atoms with Gasteiger partial charge < -0.3 is 15.4 Å². The fraction of sp³-hybridized carbons (Fsp3) is 0.500. The Labute approximate surface area is 126 Å². The minimum Gasteiger partial charge on any atom is -0.397 e. The summed E-state index contributed by atoms with van der Waals surface area (Å²) in [6.07, 6.45) is 3.55. The molecule has 1 aliphatic rings. The van der Waals surface area contributed by atoms with Crippen LogP contribution in [0.2, 0.25) is 0 Å². The van der Waals surface area contributed by atoms with Crippen molar-refractivity contribution in [2.75, 3.05) is 32.5 Å². The predicted molar refractivity (Wildman–Crippen MR) is 82.3 cm³/mol. The first-order chi connectivity index (χ1) is 10.2. The molecule has 1 fully saturated rings. The minimum absolute atomic E-state index is 0.00590. The number of fused-ring (bicyclic) bond motifs is 1. The van der Waals surface area contributed by atoms with Gasteiger partial charge in [-0.2, -0.15) is 5.10 Å². The zero-order valence-corrected chi connectivity index (χ0v) is 12.7. The van der Waals surface area contributed by atoms with Gasteiger partial charge in [0.15, 0.2) is 0 Å². The zero-order chi connectivity index (χ0) is 14.8. The van der Waals surface area contributed by atoms with Crippen LogP contribution in [0.15, 0.2) is 12.3 Å². The van der Waals surface area contributed by atoms with E-state index in [4.69, 9.17) is 10.5 Å². The lowest BCUT2D eigenvalue weighted by Crippen LogP contribution is -2.39. The molecule has 0 atom stereocenters. The van der Waals surface area contributed by atoms with Crippen molar-refractivity contribution < 1.29 is 9.53 Å². The number of likely N-dealkylation sites (tertiary alicyclic amines) is 1. The third kappa shape index (κ3) is 2.71. The van der Waals surface area contributed by atoms with E-state index >= 15 is 0 Å². The molecular weight excluding hydrogens is 288 g/mol. The summed E-state index contributed by atoms with van der Waals surface area (Å²) in [5.41, 5.74) is 6.62. The van der Waals surface area contributed by atoms with Crippen molar-refractivity contribution in [3.8, 4) is 0 Å². The van der Waals surface area contributed by atoms with Crippen LogP contribution in [0.3, 0.4) is 0 Å². The number of hydrogen-bond donors (Lipinski definition) is 1. The molecule has 3 rings (SSSR count). The van der Waals surface area contributed by atoms with Gasteiger partial charge in [-0.05, 0) is 24.8 Å². The van der Waals surface area contributed by atoms with Crippen molar-refractivity contribution in [3.63, 3.8) is 0 Å². The highest BCUT2D eigenvalue weighted by Gasteiger charge is 2.26. The maximum Gasteiger partial charge on any atom is 0.266 e. The molecule has 0 saturated carbocycles. The normalized spacial score (nSPS) is 16.5. The van der Waals surface area contributed by atoms with E-state index in [1.807, 2.05) is 4.90 Å². The van der Waals surface area contributed by atoms with Crippen LogP contribution >= 0.6 is 11.3 Å². The van der Waals surface area contributed by atoms with Crippen molar-refractivity contribution in [1.29, 1.82) is 0 Å². The second kappa shape index (κ2) is 5.95. The number of nitrogens with two attached hydrogens (primary N) is 1. The third-order valence-corrected chi connectivity index (χ3v) is 5.01. The van der Waals surface area contributed by atoms with Crippen LogP contribution in [-0.4, -0.2) is 47.8 Å². The molecule has 0 aromatic carbocycles. The van der Waals surface area contributed by atoms with E-state index in [2.05, 4.69) is 10.2 Å². The standard InChI is InChI=1S/C14H18N4O2S/c1-20-8-9-3-6-18(7-4-9)14(19)12-11(15)10-2-5-16-17-13(10)21-12/h2,5,9H,3-4,6-8,15H2,1H3. The van der Waals surface area contributed by atoms with E-state index in [1.54, 1.807) is 19.4 Å². The monoisotopic (exact) mass is 306 g/mol. The number of ether oxygens (including phenoxy) is 1. The van der Waals surface area contributed by atoms with Gasteiger partial charge in [-0.1, -0.05) is 0 Å². The molecule has 0 bridgehead atoms. The second-order valence-corrected chi connectivity index (χ2v) is 6.28. The van der Waals surface area contributed by atoms with Gasteiger partial charge in [-0.3, -0.25) is 4.79 Å². The van der Waals surface area contributed by atoms with Crippen LogP contribution < -0.4 is 5.73 Å². The number of carbonyl (C=O) groups excluding carboxylic acids is 1. The highest BCUT2D eigenvalue weighted by Crippen LogP contribution is 2.33. The van der Waals surface area contributed by atoms with Gasteiger partial charge >= 0.3 is 0 Å². The molecule has 0 spiro atoms. The Morgan fingerprint density at radius 3 is 2.95 bits per heavy atom. The van der Waals surface area contributed by atoms with Crippen LogP contribution in [0, 0.1) is 5.92 Å². The van der Waals surface area contributed by atoms with Crippen LogP contribution in [0.4, 0.5) is 5.69 Å². The van der Waals surface area contributed by atoms with Gasteiger partial charge in [-0.15, -0.1) is 16.4 Å². The van der Waals surface area contributed by atoms with Crippen molar-refractivity contribution in [3.05, 3.63) is 17.1 Å². The first-order valence-corrected chi connectivity index (χ1v) is 7.80. The molecule has 112 valence electrons. The van der Waals surface area contributed by atoms with Gasteiger partial charge in [-0.25, -0.2) is 0 Å². The van der Waals surface area contributed by atoms with Gasteiger partial charge in [0.25, 0.3) is 5.91 Å². The summed E-state index contributed by atoms with van der Waals surface area (Å²) >= 11 is 1.32. The van der Waals surface area contributed by atoms with E-state index in [0.717, 1.165) is 37.9 Å². The number of aromatic nitrogens is 2. The Morgan fingerprint density at radius 2 is 2.29 bits per heavy atom. The highest BCUT2D eigenvalue weighted by atomic mass is 32.1. The van der Waals surface area contributed by atoms with E-state index in [-0.39, 0.29) is 5.91 Å². The van der Waals surface area contributed by atoms with Crippen molar-refractivity contribution in [2.45, 2.75) is 12.8 Å². The van der Waals surface area contributed by atoms with Gasteiger partial charge in [0, 0.05) is 32.2 Å². The largest absolute Gasteiger partial charge is 0.397 e. The average Bonchev–Trinajstić information content (AvgIpc) is 2.85. The second-order valence-electron chi connectivity index (χ2n) is 5.29. The topological polar surface area (TPSA) is 81.3 Å². The fourth-order valence-electron chi connectivity index (χ4n) is 2.71. The lowest BCUT2D eigenvalue weighted by atomic mass is 9.97. The molecule has 1 saturated heterocycles. The Balaban J connectivity index is 1.77. The van der Waals surface area contributed by atoms with Crippen molar-refractivity contribution in [1.82, 2.24) is 15.1 Å². The number of rotatable bonds is 3. The SMILES string of the molecule is COCC1CCN(C(=O)c2sc3nnccc3c2N)CC1. The summed E-state index contributed by atoms with van der Waals surface area (Å²) in [6, 6.07) is 1.80. The molecule has 7 heteroatoms. The number of nitrogen functional groups attached to an aromatic ring is 1. The van der Waals surface area contributed by atoms with Gasteiger partial charge in [0.1, 0.15) is 9.71 Å². The zero-order valence-electron chi connectivity index (χ0n) is 11.9. The molecule has 1 amide bonds. The minimum atomic E-state index is 0.00590. The lowest BCUT2D eigenvalue weighted by Gasteiger charge is -2.31. The molecule has 0 aliphatic carbocycles. The number of hydrogen-bond acceptors (Lipinski definition) is 6. The fourth-order valence-corrected chi connectivity index (χ4v) is 3.72. The highest BCUT2D eigenvalue weighted by molar-refractivity contribution is 7.21. The summed E-state index contributed by atoms with van der Waals surface area (Å²) < 4.78 is 5.18. The molecule has 0 radical (unpaired) electrons. The number of amides is 1. The van der Waals surface area contributed by atoms with E-state index in [1.165, 1.54) is 11.3 Å². The number of thiophene rings is 1. The summed E-state index contributed by atoms with van der Waals surface area (Å²) in [5, 5.41) is 8.68. The molecule has 6 nitrogen and oxygen atoms in total. The molecule has 3 heterocycles. The van der Waals surface area contributed by atoms with Gasteiger partial charge in [0.05, 0.1) is 11.9 Å². The van der Waals surface area contributed by atoms with Crippen molar-refractivity contribution >= 4 is 33.1 Å². The molecule has 1 aliphatic heterocycles. The van der Waals surface area contributed by atoms with Crippen LogP contribution in [0.5, 0.6) is 0 Å². The predicted octanol–water partition coefficient (Wildman–Crippen LogP) is 1.77. The molecule has 21 heavy (non-hydrogen) atoms. The van der Waals surface area contributed by atoms with Gasteiger partial charge in [0.2, 0.25) is 0 Å². The first-order valence-electron chi connectivity index (χ1n) is 6.98. The third-order valence-electron chi connectivity index (χ3n) is 3.92. The van der Waals surface area contributed by atoms with E-state index < -0.39 is 0 Å². The Kier molecular flexibility index (Phi) is 4.03. The number of nitrogens with zero attached hydrogens (tertiary/aromatic N) is 3. The molecule has 2 aromatic heterocycles. The van der Waals surface area contributed by atoms with E-state index in [9.17, 15) is 4.79 Å². The van der Waals surface area contributed by atoms with E-state index in [0.29, 0.717) is 21.3 Å². The summed E-state index contributed by atoms with van der Waals surface area (Å²) in [7, 11) is 1.72. The maximum atomic E-state index is 12.6. The average molecular weight is 306 g/mol. The Bertz CT molecular complexity index is 649. The Morgan fingerprint density at radius 1 is 1.52 bits per heavy atom. The lowest BCUT2D eigenvalue weighted by molar-refractivity contribution is 0.0619. The maximum absolute atomic E-state index is 12.6. The van der Waals surface area contributed by atoms with Crippen molar-refractivity contribution in [2.24, 2.45) is 5.92 Å². The Hall–Kier alpha value is -1.73. The first kappa shape index (κ1) is 14.2. The summed E-state index contributed by atoms with van der Waals surface area (Å²) in [4.78, 5) is 15.8. The molecule has 2 aromatic rings. The summed E-state index contributed by atoms with van der Waals surface area (Å²) in [6.45, 7) is 2.28. The number of carbonyl (C=O) groups is 1. The number of methoxy groups -OCH3 is 1. The van der Waals surface area contributed by atoms with Crippen LogP contribution in [0.25, 0.3) is 10.2 Å². The van der Waals surface area contributed by atoms with Crippen LogP contribution in [0.1, 0.15) is 22.5 Å². The smallest absolute Gasteiger partial charge is 0.266 e. The summed E-state index contributed by atoms with van der Waals surface area (Å²) in [5.74, 6) is 0.552. The quantitative estimate of drug-likeness (QED) is 0.934. The molecular formula is C14H18N4O2S. The molecule has 0 unspecified atom stereocenters.